The maximum absolute atomic E-state index is 12.2. The lowest BCUT2D eigenvalue weighted by atomic mass is 10.2. The minimum Gasteiger partial charge on any atom is -0.456 e. The first kappa shape index (κ1) is 15.2. The fourth-order valence-corrected chi connectivity index (χ4v) is 2.22. The van der Waals surface area contributed by atoms with E-state index in [4.69, 9.17) is 20.8 Å². The lowest BCUT2D eigenvalue weighted by molar-refractivity contribution is 0.0995. The zero-order valence-electron chi connectivity index (χ0n) is 12.4. The number of carbonyl (C=O) groups is 1. The number of aryl methyl sites for hydroxylation is 1. The van der Waals surface area contributed by atoms with Crippen molar-refractivity contribution in [3.8, 4) is 11.5 Å². The number of hydrogen-bond acceptors (Lipinski definition) is 3. The predicted molar refractivity (Wildman–Crippen MR) is 89.4 cm³/mol. The molecule has 0 aliphatic rings. The monoisotopic (exact) mass is 327 g/mol. The molecule has 0 unspecified atom stereocenters. The van der Waals surface area contributed by atoms with Crippen molar-refractivity contribution in [2.24, 2.45) is 0 Å². The highest BCUT2D eigenvalue weighted by Crippen LogP contribution is 2.32. The van der Waals surface area contributed by atoms with E-state index in [9.17, 15) is 4.79 Å². The third kappa shape index (κ3) is 3.73. The lowest BCUT2D eigenvalue weighted by Crippen LogP contribution is -2.11. The number of para-hydroxylation sites is 1. The highest BCUT2D eigenvalue weighted by atomic mass is 35.5. The zero-order valence-corrected chi connectivity index (χ0v) is 13.1. The third-order valence-electron chi connectivity index (χ3n) is 3.12. The number of benzene rings is 2. The Morgan fingerprint density at radius 2 is 1.87 bits per heavy atom. The van der Waals surface area contributed by atoms with E-state index in [-0.39, 0.29) is 11.7 Å². The SMILES string of the molecule is Cc1ccc(C(=O)Nc2cc(Cl)ccc2Oc2ccccc2)o1. The van der Waals surface area contributed by atoms with Crippen LogP contribution in [0.1, 0.15) is 16.3 Å². The molecule has 1 amide bonds. The summed E-state index contributed by atoms with van der Waals surface area (Å²) in [6, 6.07) is 17.7. The molecule has 1 heterocycles. The molecule has 0 atom stereocenters. The summed E-state index contributed by atoms with van der Waals surface area (Å²) in [5, 5.41) is 3.26. The molecule has 0 aliphatic heterocycles. The summed E-state index contributed by atoms with van der Waals surface area (Å²) in [4.78, 5) is 12.2. The zero-order chi connectivity index (χ0) is 16.2. The molecule has 1 aromatic heterocycles. The Kier molecular flexibility index (Phi) is 4.35. The van der Waals surface area contributed by atoms with Gasteiger partial charge in [-0.15, -0.1) is 0 Å². The highest BCUT2D eigenvalue weighted by Gasteiger charge is 2.14. The second kappa shape index (κ2) is 6.58. The van der Waals surface area contributed by atoms with E-state index in [2.05, 4.69) is 5.32 Å². The minimum absolute atomic E-state index is 0.230. The van der Waals surface area contributed by atoms with Crippen molar-refractivity contribution in [2.45, 2.75) is 6.92 Å². The molecular weight excluding hydrogens is 314 g/mol. The van der Waals surface area contributed by atoms with Crippen LogP contribution in [-0.2, 0) is 0 Å². The van der Waals surface area contributed by atoms with Crippen LogP contribution in [0.3, 0.4) is 0 Å². The van der Waals surface area contributed by atoms with Crippen LogP contribution < -0.4 is 10.1 Å². The van der Waals surface area contributed by atoms with Crippen molar-refractivity contribution >= 4 is 23.2 Å². The molecule has 0 bridgehead atoms. The number of anilines is 1. The molecule has 23 heavy (non-hydrogen) atoms. The lowest BCUT2D eigenvalue weighted by Gasteiger charge is -2.12. The second-order valence-corrected chi connectivity index (χ2v) is 5.36. The van der Waals surface area contributed by atoms with Crippen molar-refractivity contribution in [1.82, 2.24) is 0 Å². The van der Waals surface area contributed by atoms with Crippen LogP contribution in [-0.4, -0.2) is 5.91 Å². The molecular formula is C18H14ClNO3. The maximum Gasteiger partial charge on any atom is 0.291 e. The Morgan fingerprint density at radius 3 is 2.57 bits per heavy atom. The van der Waals surface area contributed by atoms with Crippen molar-refractivity contribution in [2.75, 3.05) is 5.32 Å². The van der Waals surface area contributed by atoms with E-state index < -0.39 is 0 Å². The van der Waals surface area contributed by atoms with Crippen molar-refractivity contribution in [3.05, 3.63) is 77.2 Å². The molecule has 116 valence electrons. The second-order valence-electron chi connectivity index (χ2n) is 4.92. The number of hydrogen-bond donors (Lipinski definition) is 1. The van der Waals surface area contributed by atoms with Gasteiger partial charge in [-0.2, -0.15) is 0 Å². The van der Waals surface area contributed by atoms with E-state index in [1.54, 1.807) is 37.3 Å². The fourth-order valence-electron chi connectivity index (χ4n) is 2.04. The van der Waals surface area contributed by atoms with Gasteiger partial charge in [0.15, 0.2) is 11.5 Å². The summed E-state index contributed by atoms with van der Waals surface area (Å²) >= 11 is 6.02. The van der Waals surface area contributed by atoms with Crippen LogP contribution in [0, 0.1) is 6.92 Å². The maximum atomic E-state index is 12.2. The Morgan fingerprint density at radius 1 is 1.09 bits per heavy atom. The molecule has 0 radical (unpaired) electrons. The van der Waals surface area contributed by atoms with Gasteiger partial charge < -0.3 is 14.5 Å². The van der Waals surface area contributed by atoms with Crippen LogP contribution >= 0.6 is 11.6 Å². The first-order chi connectivity index (χ1) is 11.1. The van der Waals surface area contributed by atoms with E-state index in [1.165, 1.54) is 0 Å². The molecule has 2 aromatic carbocycles. The van der Waals surface area contributed by atoms with Crippen molar-refractivity contribution in [1.29, 1.82) is 0 Å². The van der Waals surface area contributed by atoms with E-state index in [1.807, 2.05) is 30.3 Å². The summed E-state index contributed by atoms with van der Waals surface area (Å²) in [7, 11) is 0. The predicted octanol–water partition coefficient (Wildman–Crippen LogP) is 5.29. The van der Waals surface area contributed by atoms with Gasteiger partial charge in [-0.1, -0.05) is 29.8 Å². The van der Waals surface area contributed by atoms with E-state index in [0.29, 0.717) is 28.0 Å². The Bertz CT molecular complexity index is 827. The van der Waals surface area contributed by atoms with Crippen molar-refractivity contribution < 1.29 is 13.9 Å². The van der Waals surface area contributed by atoms with Gasteiger partial charge in [-0.3, -0.25) is 4.79 Å². The van der Waals surface area contributed by atoms with Gasteiger partial charge >= 0.3 is 0 Å². The molecule has 5 heteroatoms. The normalized spacial score (nSPS) is 10.3. The average Bonchev–Trinajstić information content (AvgIpc) is 2.98. The Labute approximate surface area is 138 Å². The molecule has 3 aromatic rings. The fraction of sp³-hybridized carbons (Fsp3) is 0.0556. The summed E-state index contributed by atoms with van der Waals surface area (Å²) in [5.74, 6) is 1.70. The summed E-state index contributed by atoms with van der Waals surface area (Å²) in [6.07, 6.45) is 0. The van der Waals surface area contributed by atoms with Crippen LogP contribution in [0.25, 0.3) is 0 Å². The third-order valence-corrected chi connectivity index (χ3v) is 3.36. The summed E-state index contributed by atoms with van der Waals surface area (Å²) in [6.45, 7) is 1.78. The standard InChI is InChI=1S/C18H14ClNO3/c1-12-7-9-17(22-12)18(21)20-15-11-13(19)8-10-16(15)23-14-5-3-2-4-6-14/h2-11H,1H3,(H,20,21). The first-order valence-electron chi connectivity index (χ1n) is 7.02. The number of furan rings is 1. The Hall–Kier alpha value is -2.72. The van der Waals surface area contributed by atoms with Gasteiger partial charge in [0, 0.05) is 5.02 Å². The number of amides is 1. The van der Waals surface area contributed by atoms with Gasteiger partial charge in [0.05, 0.1) is 5.69 Å². The number of carbonyl (C=O) groups excluding carboxylic acids is 1. The smallest absolute Gasteiger partial charge is 0.291 e. The van der Waals surface area contributed by atoms with Gasteiger partial charge in [-0.05, 0) is 49.4 Å². The van der Waals surface area contributed by atoms with Gasteiger partial charge in [0.1, 0.15) is 11.5 Å². The number of nitrogens with one attached hydrogen (secondary N) is 1. The Balaban J connectivity index is 1.86. The molecule has 0 fully saturated rings. The van der Waals surface area contributed by atoms with Crippen LogP contribution in [0.15, 0.2) is 65.1 Å². The van der Waals surface area contributed by atoms with E-state index in [0.717, 1.165) is 0 Å². The van der Waals surface area contributed by atoms with Gasteiger partial charge in [0.25, 0.3) is 5.91 Å². The molecule has 1 N–H and O–H groups in total. The van der Waals surface area contributed by atoms with Gasteiger partial charge in [-0.25, -0.2) is 0 Å². The molecule has 0 spiro atoms. The van der Waals surface area contributed by atoms with Crippen LogP contribution in [0.4, 0.5) is 5.69 Å². The molecule has 4 nitrogen and oxygen atoms in total. The number of halogens is 1. The molecule has 0 aliphatic carbocycles. The summed E-state index contributed by atoms with van der Waals surface area (Å²) in [5.41, 5.74) is 0.473. The number of ether oxygens (including phenoxy) is 1. The molecule has 0 saturated carbocycles. The topological polar surface area (TPSA) is 51.5 Å². The minimum atomic E-state index is -0.363. The largest absolute Gasteiger partial charge is 0.456 e. The van der Waals surface area contributed by atoms with E-state index >= 15 is 0 Å². The quantitative estimate of drug-likeness (QED) is 0.708. The number of rotatable bonds is 4. The molecule has 0 saturated heterocycles. The van der Waals surface area contributed by atoms with Crippen molar-refractivity contribution in [3.63, 3.8) is 0 Å². The van der Waals surface area contributed by atoms with Gasteiger partial charge in [0.2, 0.25) is 0 Å². The summed E-state index contributed by atoms with van der Waals surface area (Å²) < 4.78 is 11.1. The highest BCUT2D eigenvalue weighted by molar-refractivity contribution is 6.31. The average molecular weight is 328 g/mol. The van der Waals surface area contributed by atoms with Crippen LogP contribution in [0.2, 0.25) is 5.02 Å². The first-order valence-corrected chi connectivity index (χ1v) is 7.40. The molecule has 3 rings (SSSR count). The van der Waals surface area contributed by atoms with Crippen LogP contribution in [0.5, 0.6) is 11.5 Å².